The average Bonchev–Trinajstić information content (AvgIpc) is 3.12. The van der Waals surface area contributed by atoms with Crippen molar-refractivity contribution in [3.63, 3.8) is 0 Å². The molecular weight excluding hydrogens is 391 g/mol. The van der Waals surface area contributed by atoms with Gasteiger partial charge in [-0.2, -0.15) is 0 Å². The first-order chi connectivity index (χ1) is 12.1. The van der Waals surface area contributed by atoms with E-state index in [1.165, 1.54) is 0 Å². The minimum atomic E-state index is -2.27. The number of carboxylic acid groups (broad SMARTS) is 2. The number of aliphatic imine (C=N–C) groups is 1. The standard InChI is InChI=1S/C11H12Cl2N2O.C4H6O6/c1-7(11-14-5-6-15-11)16-10-8(12)3-2-4-9(10)13;5-1(3(7)8)2(6)4(9)10/h2-4,7H,5-6H2,1H3,(H,14,15);1-2,5-6H,(H,7,8)(H,9,10). The molecular formula is C15H18Cl2N2O7. The lowest BCUT2D eigenvalue weighted by Gasteiger charge is -2.16. The normalized spacial score (nSPS) is 16.3. The van der Waals surface area contributed by atoms with Crippen molar-refractivity contribution in [3.8, 4) is 5.75 Å². The minimum absolute atomic E-state index is 0.167. The Kier molecular flexibility index (Phi) is 8.59. The number of hydrogen-bond acceptors (Lipinski definition) is 7. The van der Waals surface area contributed by atoms with E-state index in [-0.39, 0.29) is 6.10 Å². The van der Waals surface area contributed by atoms with Crippen molar-refractivity contribution in [3.05, 3.63) is 28.2 Å². The number of aliphatic carboxylic acids is 2. The summed E-state index contributed by atoms with van der Waals surface area (Å²) >= 11 is 12.0. The zero-order chi connectivity index (χ0) is 19.9. The number of nitrogens with one attached hydrogen (secondary N) is 1. The third kappa shape index (κ3) is 6.34. The Labute approximate surface area is 158 Å². The zero-order valence-electron chi connectivity index (χ0n) is 13.6. The first-order valence-corrected chi connectivity index (χ1v) is 8.11. The van der Waals surface area contributed by atoms with Crippen LogP contribution in [-0.2, 0) is 9.59 Å². The smallest absolute Gasteiger partial charge is 0.335 e. The number of para-hydroxylation sites is 1. The third-order valence-corrected chi connectivity index (χ3v) is 3.70. The second kappa shape index (κ2) is 10.2. The van der Waals surface area contributed by atoms with Gasteiger partial charge < -0.3 is 30.5 Å². The quantitative estimate of drug-likeness (QED) is 0.460. The van der Waals surface area contributed by atoms with Gasteiger partial charge in [0.15, 0.2) is 24.1 Å². The lowest BCUT2D eigenvalue weighted by atomic mass is 10.2. The van der Waals surface area contributed by atoms with Crippen LogP contribution in [0.3, 0.4) is 0 Å². The van der Waals surface area contributed by atoms with Crippen molar-refractivity contribution in [2.45, 2.75) is 25.2 Å². The molecule has 2 rings (SSSR count). The van der Waals surface area contributed by atoms with Gasteiger partial charge in [-0.25, -0.2) is 9.59 Å². The maximum atomic E-state index is 9.77. The summed E-state index contributed by atoms with van der Waals surface area (Å²) in [6.07, 6.45) is -4.70. The maximum Gasteiger partial charge on any atom is 0.335 e. The Bertz CT molecular complexity index is 646. The number of nitrogens with zero attached hydrogens (tertiary/aromatic N) is 1. The van der Waals surface area contributed by atoms with E-state index in [2.05, 4.69) is 10.3 Å². The Balaban J connectivity index is 0.000000294. The molecule has 0 spiro atoms. The predicted octanol–water partition coefficient (Wildman–Crippen LogP) is 0.640. The van der Waals surface area contributed by atoms with Gasteiger partial charge in [0.25, 0.3) is 0 Å². The molecule has 144 valence electrons. The van der Waals surface area contributed by atoms with E-state index >= 15 is 0 Å². The number of carbonyl (C=O) groups is 2. The summed E-state index contributed by atoms with van der Waals surface area (Å²) in [7, 11) is 0. The van der Waals surface area contributed by atoms with Crippen molar-refractivity contribution >= 4 is 41.0 Å². The van der Waals surface area contributed by atoms with Crippen molar-refractivity contribution in [2.24, 2.45) is 4.99 Å². The molecule has 11 heteroatoms. The fourth-order valence-corrected chi connectivity index (χ4v) is 2.27. The van der Waals surface area contributed by atoms with Gasteiger partial charge in [0.1, 0.15) is 5.84 Å². The number of halogens is 2. The van der Waals surface area contributed by atoms with Crippen LogP contribution in [0, 0.1) is 0 Å². The van der Waals surface area contributed by atoms with Gasteiger partial charge in [0.05, 0.1) is 16.6 Å². The van der Waals surface area contributed by atoms with Gasteiger partial charge in [0, 0.05) is 6.54 Å². The monoisotopic (exact) mass is 408 g/mol. The van der Waals surface area contributed by atoms with E-state index in [1.54, 1.807) is 18.2 Å². The van der Waals surface area contributed by atoms with Crippen LogP contribution in [0.25, 0.3) is 0 Å². The molecule has 0 radical (unpaired) electrons. The van der Waals surface area contributed by atoms with Crippen molar-refractivity contribution in [1.82, 2.24) is 5.32 Å². The number of hydrogen-bond donors (Lipinski definition) is 5. The summed E-state index contributed by atoms with van der Waals surface area (Å²) in [5, 5.41) is 36.7. The Hall–Kier alpha value is -2.07. The molecule has 0 aliphatic carbocycles. The SMILES string of the molecule is CC(Oc1c(Cl)cccc1Cl)C1=NCCN1.O=C(O)C(O)C(O)C(=O)O. The highest BCUT2D eigenvalue weighted by Crippen LogP contribution is 2.33. The number of benzene rings is 1. The molecule has 0 saturated heterocycles. The lowest BCUT2D eigenvalue weighted by Crippen LogP contribution is -2.39. The number of amidine groups is 1. The molecule has 1 aliphatic rings. The second-order valence-electron chi connectivity index (χ2n) is 5.07. The molecule has 0 fully saturated rings. The first kappa shape index (κ1) is 22.0. The Morgan fingerprint density at radius 1 is 1.15 bits per heavy atom. The molecule has 9 nitrogen and oxygen atoms in total. The average molecular weight is 409 g/mol. The van der Waals surface area contributed by atoms with Crippen molar-refractivity contribution in [2.75, 3.05) is 13.1 Å². The number of rotatable bonds is 6. The fraction of sp³-hybridized carbons (Fsp3) is 0.400. The summed E-state index contributed by atoms with van der Waals surface area (Å²) in [5.74, 6) is -2.18. The fourth-order valence-electron chi connectivity index (χ4n) is 1.79. The van der Waals surface area contributed by atoms with Crippen molar-refractivity contribution in [1.29, 1.82) is 0 Å². The molecule has 5 N–H and O–H groups in total. The first-order valence-electron chi connectivity index (χ1n) is 7.35. The van der Waals surface area contributed by atoms with E-state index in [0.29, 0.717) is 15.8 Å². The number of carboxylic acids is 2. The van der Waals surface area contributed by atoms with Crippen LogP contribution in [0.1, 0.15) is 6.92 Å². The molecule has 3 unspecified atom stereocenters. The molecule has 0 amide bonds. The summed E-state index contributed by atoms with van der Waals surface area (Å²) in [6.45, 7) is 3.56. The number of aliphatic hydroxyl groups excluding tert-OH is 2. The van der Waals surface area contributed by atoms with Gasteiger partial charge in [-0.15, -0.1) is 0 Å². The van der Waals surface area contributed by atoms with Gasteiger partial charge in [-0.05, 0) is 19.1 Å². The predicted molar refractivity (Wildman–Crippen MR) is 94.1 cm³/mol. The minimum Gasteiger partial charge on any atom is -0.480 e. The molecule has 3 atom stereocenters. The summed E-state index contributed by atoms with van der Waals surface area (Å²) in [4.78, 5) is 23.8. The highest BCUT2D eigenvalue weighted by molar-refractivity contribution is 6.37. The molecule has 1 heterocycles. The zero-order valence-corrected chi connectivity index (χ0v) is 15.1. The van der Waals surface area contributed by atoms with Crippen LogP contribution in [0.15, 0.2) is 23.2 Å². The largest absolute Gasteiger partial charge is 0.480 e. The summed E-state index contributed by atoms with van der Waals surface area (Å²) in [6, 6.07) is 5.28. The van der Waals surface area contributed by atoms with E-state index in [0.717, 1.165) is 18.9 Å². The van der Waals surface area contributed by atoms with Gasteiger partial charge in [-0.1, -0.05) is 29.3 Å². The molecule has 1 aromatic carbocycles. The summed E-state index contributed by atoms with van der Waals surface area (Å²) in [5.41, 5.74) is 0. The third-order valence-electron chi connectivity index (χ3n) is 3.10. The topological polar surface area (TPSA) is 149 Å². The highest BCUT2D eigenvalue weighted by atomic mass is 35.5. The molecule has 0 aromatic heterocycles. The molecule has 0 saturated carbocycles. The van der Waals surface area contributed by atoms with E-state index in [4.69, 9.17) is 48.4 Å². The van der Waals surface area contributed by atoms with Crippen molar-refractivity contribution < 1.29 is 34.8 Å². The Morgan fingerprint density at radius 2 is 1.65 bits per heavy atom. The molecule has 1 aliphatic heterocycles. The van der Waals surface area contributed by atoms with E-state index in [1.807, 2.05) is 6.92 Å². The van der Waals surface area contributed by atoms with Gasteiger partial charge in [-0.3, -0.25) is 4.99 Å². The van der Waals surface area contributed by atoms with Crippen LogP contribution in [0.2, 0.25) is 10.0 Å². The van der Waals surface area contributed by atoms with E-state index in [9.17, 15) is 9.59 Å². The maximum absolute atomic E-state index is 9.77. The van der Waals surface area contributed by atoms with E-state index < -0.39 is 24.1 Å². The van der Waals surface area contributed by atoms with Crippen LogP contribution >= 0.6 is 23.2 Å². The molecule has 1 aromatic rings. The number of aliphatic hydroxyl groups is 2. The second-order valence-corrected chi connectivity index (χ2v) is 5.89. The number of ether oxygens (including phenoxy) is 1. The van der Waals surface area contributed by atoms with Gasteiger partial charge in [0.2, 0.25) is 0 Å². The van der Waals surface area contributed by atoms with Gasteiger partial charge >= 0.3 is 11.9 Å². The highest BCUT2D eigenvalue weighted by Gasteiger charge is 2.29. The lowest BCUT2D eigenvalue weighted by molar-refractivity contribution is -0.165. The van der Waals surface area contributed by atoms with Crippen LogP contribution in [0.4, 0.5) is 0 Å². The molecule has 26 heavy (non-hydrogen) atoms. The molecule has 0 bridgehead atoms. The van der Waals surface area contributed by atoms with Crippen LogP contribution in [0.5, 0.6) is 5.75 Å². The Morgan fingerprint density at radius 3 is 2.04 bits per heavy atom. The van der Waals surface area contributed by atoms with Crippen LogP contribution in [-0.4, -0.2) is 69.6 Å². The summed E-state index contributed by atoms with van der Waals surface area (Å²) < 4.78 is 5.70. The van der Waals surface area contributed by atoms with Crippen LogP contribution < -0.4 is 10.1 Å².